The van der Waals surface area contributed by atoms with Crippen molar-refractivity contribution in [3.8, 4) is 11.5 Å². The lowest BCUT2D eigenvalue weighted by Gasteiger charge is -2.24. The van der Waals surface area contributed by atoms with Crippen LogP contribution in [0.4, 0.5) is 5.69 Å². The zero-order valence-corrected chi connectivity index (χ0v) is 16.3. The topological polar surface area (TPSA) is 67.9 Å². The lowest BCUT2D eigenvalue weighted by atomic mass is 10.1. The lowest BCUT2D eigenvalue weighted by molar-refractivity contribution is -0.121. The van der Waals surface area contributed by atoms with Crippen molar-refractivity contribution in [2.45, 2.75) is 33.6 Å². The van der Waals surface area contributed by atoms with E-state index in [9.17, 15) is 9.59 Å². The highest BCUT2D eigenvalue weighted by atomic mass is 35.5. The Balaban J connectivity index is 2.87. The van der Waals surface area contributed by atoms with E-state index < -0.39 is 0 Å². The van der Waals surface area contributed by atoms with Crippen molar-refractivity contribution in [1.29, 1.82) is 0 Å². The Morgan fingerprint density at radius 1 is 1.20 bits per heavy atom. The third-order valence-corrected chi connectivity index (χ3v) is 4.03. The quantitative estimate of drug-likeness (QED) is 0.724. The fourth-order valence-corrected chi connectivity index (χ4v) is 2.54. The van der Waals surface area contributed by atoms with Gasteiger partial charge in [0.1, 0.15) is 11.5 Å². The van der Waals surface area contributed by atoms with Crippen molar-refractivity contribution in [1.82, 2.24) is 5.32 Å². The summed E-state index contributed by atoms with van der Waals surface area (Å²) in [5, 5.41) is 3.25. The number of ether oxygens (including phenoxy) is 2. The molecule has 0 saturated heterocycles. The Labute approximate surface area is 154 Å². The Morgan fingerprint density at radius 3 is 2.36 bits per heavy atom. The van der Waals surface area contributed by atoms with Gasteiger partial charge in [-0.15, -0.1) is 0 Å². The number of rotatable bonds is 9. The van der Waals surface area contributed by atoms with Crippen molar-refractivity contribution < 1.29 is 19.1 Å². The zero-order chi connectivity index (χ0) is 19.0. The molecule has 0 aliphatic heterocycles. The number of benzene rings is 1. The summed E-state index contributed by atoms with van der Waals surface area (Å²) < 4.78 is 10.5. The number of anilines is 1. The average molecular weight is 371 g/mol. The van der Waals surface area contributed by atoms with E-state index in [2.05, 4.69) is 19.2 Å². The van der Waals surface area contributed by atoms with Crippen molar-refractivity contribution in [2.24, 2.45) is 5.92 Å². The third-order valence-electron chi connectivity index (χ3n) is 3.73. The Bertz CT molecular complexity index is 605. The predicted octanol–water partition coefficient (Wildman–Crippen LogP) is 3.26. The molecule has 1 aromatic carbocycles. The van der Waals surface area contributed by atoms with Crippen LogP contribution in [0.15, 0.2) is 12.1 Å². The summed E-state index contributed by atoms with van der Waals surface area (Å²) >= 11 is 6.10. The van der Waals surface area contributed by atoms with Crippen LogP contribution in [0, 0.1) is 5.92 Å². The van der Waals surface area contributed by atoms with E-state index in [1.165, 1.54) is 26.0 Å². The first-order valence-corrected chi connectivity index (χ1v) is 8.64. The fraction of sp³-hybridized carbons (Fsp3) is 0.556. The first kappa shape index (κ1) is 21.1. The van der Waals surface area contributed by atoms with Gasteiger partial charge in [0.25, 0.3) is 0 Å². The average Bonchev–Trinajstić information content (AvgIpc) is 2.55. The lowest BCUT2D eigenvalue weighted by Crippen LogP contribution is -2.34. The highest BCUT2D eigenvalue weighted by Gasteiger charge is 2.20. The normalized spacial score (nSPS) is 10.5. The van der Waals surface area contributed by atoms with E-state index in [1.807, 2.05) is 0 Å². The SMILES string of the molecule is COc1cc(N(CCC(=O)NCCC(C)C)C(C)=O)c(OC)cc1Cl. The van der Waals surface area contributed by atoms with E-state index in [0.29, 0.717) is 34.7 Å². The first-order chi connectivity index (χ1) is 11.8. The number of amides is 2. The van der Waals surface area contributed by atoms with E-state index in [1.54, 1.807) is 12.1 Å². The van der Waals surface area contributed by atoms with E-state index in [0.717, 1.165) is 6.42 Å². The van der Waals surface area contributed by atoms with Crippen LogP contribution < -0.4 is 19.7 Å². The van der Waals surface area contributed by atoms with E-state index in [-0.39, 0.29) is 24.8 Å². The molecule has 0 aliphatic rings. The van der Waals surface area contributed by atoms with E-state index >= 15 is 0 Å². The standard InChI is InChI=1S/C18H27ClN2O4/c1-12(2)6-8-20-18(23)7-9-21(13(3)22)15-11-16(24-4)14(19)10-17(15)25-5/h10-12H,6-9H2,1-5H3,(H,20,23). The van der Waals surface area contributed by atoms with Crippen LogP contribution >= 0.6 is 11.6 Å². The van der Waals surface area contributed by atoms with Gasteiger partial charge in [-0.1, -0.05) is 25.4 Å². The number of methoxy groups -OCH3 is 2. The molecule has 1 N–H and O–H groups in total. The summed E-state index contributed by atoms with van der Waals surface area (Å²) in [5.74, 6) is 1.12. The van der Waals surface area contributed by atoms with Gasteiger partial charge in [-0.05, 0) is 12.3 Å². The molecule has 0 aromatic heterocycles. The molecule has 0 bridgehead atoms. The molecule has 2 amide bonds. The van der Waals surface area contributed by atoms with Gasteiger partial charge in [0, 0.05) is 38.6 Å². The Kier molecular flexibility index (Phi) is 8.55. The molecular formula is C18H27ClN2O4. The number of carbonyl (C=O) groups is 2. The van der Waals surface area contributed by atoms with Gasteiger partial charge in [0.2, 0.25) is 11.8 Å². The molecule has 0 atom stereocenters. The molecule has 6 nitrogen and oxygen atoms in total. The van der Waals surface area contributed by atoms with Crippen LogP contribution in [-0.2, 0) is 9.59 Å². The second-order valence-corrected chi connectivity index (χ2v) is 6.52. The maximum Gasteiger partial charge on any atom is 0.223 e. The summed E-state index contributed by atoms with van der Waals surface area (Å²) in [5.41, 5.74) is 0.520. The summed E-state index contributed by atoms with van der Waals surface area (Å²) in [7, 11) is 3.00. The Hall–Kier alpha value is -1.95. The summed E-state index contributed by atoms with van der Waals surface area (Å²) in [6.45, 7) is 6.52. The summed E-state index contributed by atoms with van der Waals surface area (Å²) in [6.07, 6.45) is 1.12. The molecular weight excluding hydrogens is 344 g/mol. The fourth-order valence-electron chi connectivity index (χ4n) is 2.30. The van der Waals surface area contributed by atoms with Crippen LogP contribution in [0.5, 0.6) is 11.5 Å². The van der Waals surface area contributed by atoms with E-state index in [4.69, 9.17) is 21.1 Å². The zero-order valence-electron chi connectivity index (χ0n) is 15.5. The van der Waals surface area contributed by atoms with Crippen LogP contribution in [0.2, 0.25) is 5.02 Å². The number of nitrogens with one attached hydrogen (secondary N) is 1. The van der Waals surface area contributed by atoms with Gasteiger partial charge in [-0.2, -0.15) is 0 Å². The van der Waals surface area contributed by atoms with Crippen LogP contribution in [0.3, 0.4) is 0 Å². The molecule has 0 fully saturated rings. The largest absolute Gasteiger partial charge is 0.495 e. The van der Waals surface area contributed by atoms with Crippen molar-refractivity contribution in [3.63, 3.8) is 0 Å². The molecule has 1 aromatic rings. The molecule has 7 heteroatoms. The molecule has 1 rings (SSSR count). The minimum atomic E-state index is -0.197. The molecule has 0 spiro atoms. The molecule has 0 saturated carbocycles. The number of nitrogens with zero attached hydrogens (tertiary/aromatic N) is 1. The summed E-state index contributed by atoms with van der Waals surface area (Å²) in [6, 6.07) is 3.23. The molecule has 0 heterocycles. The molecule has 25 heavy (non-hydrogen) atoms. The number of halogens is 1. The molecule has 0 unspecified atom stereocenters. The summed E-state index contributed by atoms with van der Waals surface area (Å²) in [4.78, 5) is 25.6. The maximum absolute atomic E-state index is 12.1. The molecule has 140 valence electrons. The van der Waals surface area contributed by atoms with Gasteiger partial charge in [-0.25, -0.2) is 0 Å². The van der Waals surface area contributed by atoms with Crippen LogP contribution in [-0.4, -0.2) is 39.1 Å². The monoisotopic (exact) mass is 370 g/mol. The van der Waals surface area contributed by atoms with Crippen LogP contribution in [0.25, 0.3) is 0 Å². The highest BCUT2D eigenvalue weighted by Crippen LogP contribution is 2.38. The number of carbonyl (C=O) groups excluding carboxylic acids is 2. The van der Waals surface area contributed by atoms with Crippen molar-refractivity contribution in [2.75, 3.05) is 32.2 Å². The molecule has 0 radical (unpaired) electrons. The van der Waals surface area contributed by atoms with Gasteiger partial charge in [0.15, 0.2) is 0 Å². The Morgan fingerprint density at radius 2 is 1.84 bits per heavy atom. The van der Waals surface area contributed by atoms with Crippen molar-refractivity contribution in [3.05, 3.63) is 17.2 Å². The van der Waals surface area contributed by atoms with Gasteiger partial charge in [-0.3, -0.25) is 9.59 Å². The van der Waals surface area contributed by atoms with Gasteiger partial charge in [0.05, 0.1) is 24.9 Å². The smallest absolute Gasteiger partial charge is 0.223 e. The van der Waals surface area contributed by atoms with Gasteiger partial charge < -0.3 is 19.7 Å². The second kappa shape index (κ2) is 10.1. The minimum Gasteiger partial charge on any atom is -0.495 e. The highest BCUT2D eigenvalue weighted by molar-refractivity contribution is 6.32. The third kappa shape index (κ3) is 6.46. The van der Waals surface area contributed by atoms with Crippen molar-refractivity contribution >= 4 is 29.1 Å². The maximum atomic E-state index is 12.1. The second-order valence-electron chi connectivity index (χ2n) is 6.11. The minimum absolute atomic E-state index is 0.0909. The number of hydrogen-bond acceptors (Lipinski definition) is 4. The number of hydrogen-bond donors (Lipinski definition) is 1. The molecule has 0 aliphatic carbocycles. The predicted molar refractivity (Wildman–Crippen MR) is 99.7 cm³/mol. The van der Waals surface area contributed by atoms with Gasteiger partial charge >= 0.3 is 0 Å². The van der Waals surface area contributed by atoms with Crippen LogP contribution in [0.1, 0.15) is 33.6 Å². The first-order valence-electron chi connectivity index (χ1n) is 8.26.